The summed E-state index contributed by atoms with van der Waals surface area (Å²) >= 11 is 0. The summed E-state index contributed by atoms with van der Waals surface area (Å²) < 4.78 is 14.4. The zero-order valence-corrected chi connectivity index (χ0v) is 14.4. The van der Waals surface area contributed by atoms with Crippen molar-refractivity contribution in [3.63, 3.8) is 0 Å². The molecular weight excluding hydrogens is 343 g/mol. The van der Waals surface area contributed by atoms with Crippen molar-refractivity contribution in [3.8, 4) is 0 Å². The SMILES string of the molecule is NC1N=C(c2ccccc2F)c2ccccc2N(Cc2ccncc2)C1=O. The first-order valence-electron chi connectivity index (χ1n) is 8.53. The van der Waals surface area contributed by atoms with Gasteiger partial charge in [0.2, 0.25) is 0 Å². The maximum atomic E-state index is 14.4. The molecule has 1 unspecified atom stereocenters. The number of anilines is 1. The van der Waals surface area contributed by atoms with Crippen molar-refractivity contribution in [2.45, 2.75) is 12.7 Å². The van der Waals surface area contributed by atoms with Crippen LogP contribution in [-0.2, 0) is 11.3 Å². The number of carbonyl (C=O) groups excluding carboxylic acids is 1. The highest BCUT2D eigenvalue weighted by atomic mass is 19.1. The van der Waals surface area contributed by atoms with Crippen molar-refractivity contribution in [2.24, 2.45) is 10.7 Å². The molecule has 1 amide bonds. The number of nitrogens with zero attached hydrogens (tertiary/aromatic N) is 3. The molecule has 0 bridgehead atoms. The molecule has 0 radical (unpaired) electrons. The van der Waals surface area contributed by atoms with Crippen LogP contribution in [0.1, 0.15) is 16.7 Å². The molecule has 2 heterocycles. The smallest absolute Gasteiger partial charge is 0.266 e. The molecule has 1 atom stereocenters. The Balaban J connectivity index is 1.86. The van der Waals surface area contributed by atoms with Crippen LogP contribution < -0.4 is 10.6 Å². The van der Waals surface area contributed by atoms with Crippen LogP contribution in [0.4, 0.5) is 10.1 Å². The Morgan fingerprint density at radius 1 is 0.963 bits per heavy atom. The normalized spacial score (nSPS) is 16.5. The molecule has 0 spiro atoms. The number of amides is 1. The second kappa shape index (κ2) is 7.09. The van der Waals surface area contributed by atoms with Crippen molar-refractivity contribution in [1.82, 2.24) is 4.98 Å². The topological polar surface area (TPSA) is 71.6 Å². The Hall–Kier alpha value is -3.38. The molecule has 134 valence electrons. The average molecular weight is 360 g/mol. The lowest BCUT2D eigenvalue weighted by Gasteiger charge is -2.24. The number of nitrogens with two attached hydrogens (primary N) is 1. The minimum absolute atomic E-state index is 0.318. The van der Waals surface area contributed by atoms with Crippen LogP contribution >= 0.6 is 0 Å². The molecule has 0 saturated carbocycles. The van der Waals surface area contributed by atoms with E-state index in [1.54, 1.807) is 35.5 Å². The van der Waals surface area contributed by atoms with E-state index in [1.165, 1.54) is 6.07 Å². The minimum Gasteiger partial charge on any atom is -0.304 e. The van der Waals surface area contributed by atoms with Crippen LogP contribution in [0.5, 0.6) is 0 Å². The highest BCUT2D eigenvalue weighted by molar-refractivity contribution is 6.20. The van der Waals surface area contributed by atoms with Gasteiger partial charge in [-0.2, -0.15) is 0 Å². The highest BCUT2D eigenvalue weighted by Crippen LogP contribution is 2.29. The molecule has 2 aromatic carbocycles. The van der Waals surface area contributed by atoms with Crippen LogP contribution in [0.25, 0.3) is 0 Å². The monoisotopic (exact) mass is 360 g/mol. The van der Waals surface area contributed by atoms with Crippen molar-refractivity contribution >= 4 is 17.3 Å². The van der Waals surface area contributed by atoms with Crippen LogP contribution in [0.2, 0.25) is 0 Å². The van der Waals surface area contributed by atoms with Crippen LogP contribution in [-0.4, -0.2) is 22.8 Å². The Morgan fingerprint density at radius 2 is 1.63 bits per heavy atom. The first kappa shape index (κ1) is 17.1. The second-order valence-electron chi connectivity index (χ2n) is 6.20. The zero-order valence-electron chi connectivity index (χ0n) is 14.4. The first-order chi connectivity index (χ1) is 13.1. The summed E-state index contributed by atoms with van der Waals surface area (Å²) in [6, 6.07) is 17.3. The van der Waals surface area contributed by atoms with Crippen LogP contribution in [0, 0.1) is 5.82 Å². The van der Waals surface area contributed by atoms with E-state index in [2.05, 4.69) is 9.98 Å². The molecule has 0 fully saturated rings. The van der Waals surface area contributed by atoms with Crippen molar-refractivity contribution < 1.29 is 9.18 Å². The highest BCUT2D eigenvalue weighted by Gasteiger charge is 2.30. The number of pyridine rings is 1. The maximum Gasteiger partial charge on any atom is 0.266 e. The van der Waals surface area contributed by atoms with E-state index in [0.29, 0.717) is 29.1 Å². The summed E-state index contributed by atoms with van der Waals surface area (Å²) in [5.41, 5.74) is 8.99. The van der Waals surface area contributed by atoms with E-state index in [1.807, 2.05) is 36.4 Å². The molecule has 6 heteroatoms. The number of rotatable bonds is 3. The van der Waals surface area contributed by atoms with Crippen LogP contribution in [0.3, 0.4) is 0 Å². The van der Waals surface area contributed by atoms with Gasteiger partial charge in [0.15, 0.2) is 6.17 Å². The van der Waals surface area contributed by atoms with E-state index in [4.69, 9.17) is 5.73 Å². The molecule has 5 nitrogen and oxygen atoms in total. The van der Waals surface area contributed by atoms with Gasteiger partial charge in [-0.15, -0.1) is 0 Å². The fraction of sp³-hybridized carbons (Fsp3) is 0.0952. The largest absolute Gasteiger partial charge is 0.304 e. The van der Waals surface area contributed by atoms with E-state index in [-0.39, 0.29) is 5.91 Å². The molecular formula is C21H17FN4O. The summed E-state index contributed by atoms with van der Waals surface area (Å²) in [5, 5.41) is 0. The number of para-hydroxylation sites is 1. The van der Waals surface area contributed by atoms with Gasteiger partial charge in [-0.1, -0.05) is 30.3 Å². The summed E-state index contributed by atoms with van der Waals surface area (Å²) in [6.07, 6.45) is 2.23. The Morgan fingerprint density at radius 3 is 2.37 bits per heavy atom. The molecule has 2 N–H and O–H groups in total. The second-order valence-corrected chi connectivity index (χ2v) is 6.20. The molecule has 1 aromatic heterocycles. The number of aliphatic imine (C=N–C) groups is 1. The zero-order chi connectivity index (χ0) is 18.8. The van der Waals surface area contributed by atoms with Gasteiger partial charge in [-0.05, 0) is 35.9 Å². The van der Waals surface area contributed by atoms with Gasteiger partial charge in [0.25, 0.3) is 5.91 Å². The van der Waals surface area contributed by atoms with Gasteiger partial charge in [-0.3, -0.25) is 14.8 Å². The minimum atomic E-state index is -1.12. The molecule has 1 aliphatic rings. The number of hydrogen-bond acceptors (Lipinski definition) is 4. The number of fused-ring (bicyclic) bond motifs is 1. The lowest BCUT2D eigenvalue weighted by atomic mass is 9.99. The van der Waals surface area contributed by atoms with Gasteiger partial charge in [0.05, 0.1) is 17.9 Å². The lowest BCUT2D eigenvalue weighted by Crippen LogP contribution is -2.41. The summed E-state index contributed by atoms with van der Waals surface area (Å²) in [4.78, 5) is 22.9. The van der Waals surface area contributed by atoms with Crippen LogP contribution in [0.15, 0.2) is 78.0 Å². The van der Waals surface area contributed by atoms with Gasteiger partial charge in [0, 0.05) is 23.5 Å². The van der Waals surface area contributed by atoms with Gasteiger partial charge in [-0.25, -0.2) is 4.39 Å². The number of benzene rings is 2. The summed E-state index contributed by atoms with van der Waals surface area (Å²) in [6.45, 7) is 0.326. The van der Waals surface area contributed by atoms with E-state index in [9.17, 15) is 9.18 Å². The third kappa shape index (κ3) is 3.22. The first-order valence-corrected chi connectivity index (χ1v) is 8.53. The van der Waals surface area contributed by atoms with Gasteiger partial charge < -0.3 is 10.6 Å². The van der Waals surface area contributed by atoms with Gasteiger partial charge in [0.1, 0.15) is 5.82 Å². The summed E-state index contributed by atoms with van der Waals surface area (Å²) in [5.74, 6) is -0.751. The molecule has 0 aliphatic carbocycles. The number of benzodiazepines with no additional fused rings is 1. The Labute approximate surface area is 156 Å². The fourth-order valence-electron chi connectivity index (χ4n) is 3.15. The Kier molecular flexibility index (Phi) is 4.48. The van der Waals surface area contributed by atoms with Gasteiger partial charge >= 0.3 is 0 Å². The number of aromatic nitrogens is 1. The molecule has 27 heavy (non-hydrogen) atoms. The van der Waals surface area contributed by atoms with Crippen molar-refractivity contribution in [2.75, 3.05) is 4.90 Å². The molecule has 1 aliphatic heterocycles. The van der Waals surface area contributed by atoms with E-state index in [0.717, 1.165) is 5.56 Å². The predicted octanol–water partition coefficient (Wildman–Crippen LogP) is 2.89. The standard InChI is InChI=1S/C21H17FN4O/c22-17-7-3-1-5-15(17)19-16-6-2-4-8-18(16)26(21(27)20(23)25-19)13-14-9-11-24-12-10-14/h1-12,20H,13,23H2. The van der Waals surface area contributed by atoms with E-state index >= 15 is 0 Å². The third-order valence-corrected chi connectivity index (χ3v) is 4.46. The molecule has 4 rings (SSSR count). The maximum absolute atomic E-state index is 14.4. The third-order valence-electron chi connectivity index (χ3n) is 4.46. The molecule has 3 aromatic rings. The number of hydrogen-bond donors (Lipinski definition) is 1. The quantitative estimate of drug-likeness (QED) is 0.781. The molecule has 0 saturated heterocycles. The van der Waals surface area contributed by atoms with Crippen molar-refractivity contribution in [3.05, 3.63) is 95.6 Å². The average Bonchev–Trinajstić information content (AvgIpc) is 2.80. The Bertz CT molecular complexity index is 1020. The summed E-state index contributed by atoms with van der Waals surface area (Å²) in [7, 11) is 0. The number of halogens is 1. The van der Waals surface area contributed by atoms with E-state index < -0.39 is 12.0 Å². The predicted molar refractivity (Wildman–Crippen MR) is 102 cm³/mol. The van der Waals surface area contributed by atoms with Crippen molar-refractivity contribution in [1.29, 1.82) is 0 Å². The number of carbonyl (C=O) groups is 1. The lowest BCUT2D eigenvalue weighted by molar-refractivity contribution is -0.119. The fourth-order valence-corrected chi connectivity index (χ4v) is 3.15.